The van der Waals surface area contributed by atoms with Gasteiger partial charge in [-0.3, -0.25) is 10.00 Å². The fourth-order valence-electron chi connectivity index (χ4n) is 3.66. The minimum absolute atomic E-state index is 0.104. The van der Waals surface area contributed by atoms with E-state index in [-0.39, 0.29) is 6.04 Å². The standard InChI is InChI=1S/C21H22N8O2/c1-2-31-20(30)19-14(11-25-28-19)13-29-9-3-4-18(29)17-7-8-23-21(27-17)26-16-6-5-15(10-22)24-12-16/h5-8,11-12,18H,2-4,9,13H2,1H3,(H,25,28)(H,23,26,27)/t18-/m0/s1. The summed E-state index contributed by atoms with van der Waals surface area (Å²) < 4.78 is 5.11. The number of esters is 1. The lowest BCUT2D eigenvalue weighted by molar-refractivity contribution is 0.0516. The lowest BCUT2D eigenvalue weighted by atomic mass is 10.1. The molecule has 0 amide bonds. The highest BCUT2D eigenvalue weighted by Gasteiger charge is 2.29. The van der Waals surface area contributed by atoms with Crippen LogP contribution in [0.2, 0.25) is 0 Å². The molecule has 1 aliphatic heterocycles. The Balaban J connectivity index is 1.49. The highest BCUT2D eigenvalue weighted by Crippen LogP contribution is 2.33. The first-order chi connectivity index (χ1) is 15.2. The summed E-state index contributed by atoms with van der Waals surface area (Å²) in [6.07, 6.45) is 6.96. The number of carbonyl (C=O) groups excluding carboxylic acids is 1. The number of pyridine rings is 1. The summed E-state index contributed by atoms with van der Waals surface area (Å²) in [4.78, 5) is 27.5. The van der Waals surface area contributed by atoms with Gasteiger partial charge in [-0.25, -0.2) is 19.7 Å². The van der Waals surface area contributed by atoms with Gasteiger partial charge in [-0.15, -0.1) is 0 Å². The van der Waals surface area contributed by atoms with E-state index in [1.165, 1.54) is 0 Å². The second-order valence-corrected chi connectivity index (χ2v) is 7.09. The van der Waals surface area contributed by atoms with Crippen LogP contribution in [-0.4, -0.2) is 49.2 Å². The molecule has 0 bridgehead atoms. The average molecular weight is 418 g/mol. The summed E-state index contributed by atoms with van der Waals surface area (Å²) in [6, 6.07) is 7.41. The molecule has 10 nitrogen and oxygen atoms in total. The summed E-state index contributed by atoms with van der Waals surface area (Å²) in [5.41, 5.74) is 3.16. The van der Waals surface area contributed by atoms with Gasteiger partial charge in [-0.2, -0.15) is 10.4 Å². The highest BCUT2D eigenvalue weighted by molar-refractivity contribution is 5.88. The molecule has 3 aromatic rings. The van der Waals surface area contributed by atoms with Crippen molar-refractivity contribution in [3.8, 4) is 6.07 Å². The van der Waals surface area contributed by atoms with Crippen LogP contribution in [0, 0.1) is 11.3 Å². The number of H-pyrrole nitrogens is 1. The minimum Gasteiger partial charge on any atom is -0.461 e. The fourth-order valence-corrected chi connectivity index (χ4v) is 3.66. The first kappa shape index (κ1) is 20.4. The molecule has 3 aromatic heterocycles. The van der Waals surface area contributed by atoms with Crippen LogP contribution in [0.3, 0.4) is 0 Å². The van der Waals surface area contributed by atoms with Crippen molar-refractivity contribution >= 4 is 17.6 Å². The Morgan fingerprint density at radius 3 is 3.03 bits per heavy atom. The van der Waals surface area contributed by atoms with E-state index < -0.39 is 5.97 Å². The van der Waals surface area contributed by atoms with Gasteiger partial charge < -0.3 is 10.1 Å². The SMILES string of the molecule is CCOC(=O)c1[nH]ncc1CN1CCC[C@H]1c1ccnc(Nc2ccc(C#N)nc2)n1. The molecule has 1 aliphatic rings. The monoisotopic (exact) mass is 418 g/mol. The quantitative estimate of drug-likeness (QED) is 0.556. The number of nitrogens with zero attached hydrogens (tertiary/aromatic N) is 6. The van der Waals surface area contributed by atoms with Crippen molar-refractivity contribution in [1.29, 1.82) is 5.26 Å². The number of hydrogen-bond acceptors (Lipinski definition) is 9. The molecule has 10 heteroatoms. The van der Waals surface area contributed by atoms with E-state index in [1.807, 2.05) is 12.1 Å². The number of carbonyl (C=O) groups is 1. The number of hydrogen-bond donors (Lipinski definition) is 2. The molecule has 1 atom stereocenters. The van der Waals surface area contributed by atoms with Gasteiger partial charge in [0.05, 0.1) is 36.4 Å². The number of likely N-dealkylation sites (tertiary alicyclic amines) is 1. The van der Waals surface area contributed by atoms with Crippen molar-refractivity contribution in [2.24, 2.45) is 0 Å². The van der Waals surface area contributed by atoms with Gasteiger partial charge in [0, 0.05) is 18.3 Å². The van der Waals surface area contributed by atoms with Crippen LogP contribution in [0.15, 0.2) is 36.8 Å². The van der Waals surface area contributed by atoms with Gasteiger partial charge >= 0.3 is 5.97 Å². The number of ether oxygens (including phenoxy) is 1. The van der Waals surface area contributed by atoms with Crippen LogP contribution in [0.25, 0.3) is 0 Å². The Kier molecular flexibility index (Phi) is 6.14. The summed E-state index contributed by atoms with van der Waals surface area (Å²) in [7, 11) is 0. The minimum atomic E-state index is -0.393. The van der Waals surface area contributed by atoms with E-state index in [0.717, 1.165) is 30.6 Å². The molecule has 31 heavy (non-hydrogen) atoms. The zero-order chi connectivity index (χ0) is 21.6. The third kappa shape index (κ3) is 4.67. The molecular weight excluding hydrogens is 396 g/mol. The molecular formula is C21H22N8O2. The highest BCUT2D eigenvalue weighted by atomic mass is 16.5. The largest absolute Gasteiger partial charge is 0.461 e. The summed E-state index contributed by atoms with van der Waals surface area (Å²) in [5, 5.41) is 18.8. The second kappa shape index (κ2) is 9.32. The maximum Gasteiger partial charge on any atom is 0.356 e. The second-order valence-electron chi connectivity index (χ2n) is 7.09. The van der Waals surface area contributed by atoms with Crippen molar-refractivity contribution in [2.45, 2.75) is 32.4 Å². The van der Waals surface area contributed by atoms with Crippen LogP contribution in [-0.2, 0) is 11.3 Å². The van der Waals surface area contributed by atoms with Crippen LogP contribution in [0.5, 0.6) is 0 Å². The normalized spacial score (nSPS) is 16.1. The van der Waals surface area contributed by atoms with Crippen molar-refractivity contribution in [2.75, 3.05) is 18.5 Å². The number of nitrogens with one attached hydrogen (secondary N) is 2. The van der Waals surface area contributed by atoms with Crippen LogP contribution < -0.4 is 5.32 Å². The van der Waals surface area contributed by atoms with E-state index in [2.05, 4.69) is 35.4 Å². The molecule has 1 saturated heterocycles. The number of anilines is 2. The summed E-state index contributed by atoms with van der Waals surface area (Å²) in [5.74, 6) is 0.0710. The molecule has 4 heterocycles. The maximum absolute atomic E-state index is 12.1. The maximum atomic E-state index is 12.1. The van der Waals surface area contributed by atoms with Crippen molar-refractivity contribution in [1.82, 2.24) is 30.0 Å². The third-order valence-corrected chi connectivity index (χ3v) is 5.09. The van der Waals surface area contributed by atoms with Gasteiger partial charge in [0.15, 0.2) is 0 Å². The number of aromatic nitrogens is 5. The molecule has 158 valence electrons. The molecule has 0 unspecified atom stereocenters. The van der Waals surface area contributed by atoms with Gasteiger partial charge in [0.1, 0.15) is 17.5 Å². The smallest absolute Gasteiger partial charge is 0.356 e. The third-order valence-electron chi connectivity index (χ3n) is 5.09. The van der Waals surface area contributed by atoms with E-state index >= 15 is 0 Å². The van der Waals surface area contributed by atoms with Crippen molar-refractivity contribution in [3.63, 3.8) is 0 Å². The summed E-state index contributed by atoms with van der Waals surface area (Å²) in [6.45, 7) is 3.56. The number of aromatic amines is 1. The van der Waals surface area contributed by atoms with Gasteiger partial charge in [0.2, 0.25) is 5.95 Å². The zero-order valence-corrected chi connectivity index (χ0v) is 17.1. The summed E-state index contributed by atoms with van der Waals surface area (Å²) >= 11 is 0. The van der Waals surface area contributed by atoms with Gasteiger partial charge in [-0.05, 0) is 44.5 Å². The Morgan fingerprint density at radius 1 is 1.35 bits per heavy atom. The van der Waals surface area contributed by atoms with Gasteiger partial charge in [0.25, 0.3) is 0 Å². The Labute approximate surface area is 179 Å². The van der Waals surface area contributed by atoms with Crippen LogP contribution in [0.1, 0.15) is 53.2 Å². The first-order valence-corrected chi connectivity index (χ1v) is 10.1. The van der Waals surface area contributed by atoms with Crippen molar-refractivity contribution in [3.05, 3.63) is 59.4 Å². The predicted molar refractivity (Wildman–Crippen MR) is 111 cm³/mol. The molecule has 1 fully saturated rings. The zero-order valence-electron chi connectivity index (χ0n) is 17.1. The van der Waals surface area contributed by atoms with E-state index in [4.69, 9.17) is 10.00 Å². The predicted octanol–water partition coefficient (Wildman–Crippen LogP) is 2.72. The molecule has 0 saturated carbocycles. The lowest BCUT2D eigenvalue weighted by Gasteiger charge is -2.24. The van der Waals surface area contributed by atoms with E-state index in [9.17, 15) is 4.79 Å². The molecule has 4 rings (SSSR count). The molecule has 0 radical (unpaired) electrons. The fraction of sp³-hybridized carbons (Fsp3) is 0.333. The lowest BCUT2D eigenvalue weighted by Crippen LogP contribution is -2.24. The van der Waals surface area contributed by atoms with Crippen LogP contribution in [0.4, 0.5) is 11.6 Å². The van der Waals surface area contributed by atoms with Gasteiger partial charge in [-0.1, -0.05) is 0 Å². The average Bonchev–Trinajstić information content (AvgIpc) is 3.45. The Bertz CT molecular complexity index is 1090. The first-order valence-electron chi connectivity index (χ1n) is 10.1. The molecule has 0 spiro atoms. The molecule has 2 N–H and O–H groups in total. The molecule has 0 aromatic carbocycles. The Hall–Kier alpha value is -3.84. The van der Waals surface area contributed by atoms with E-state index in [0.29, 0.717) is 36.2 Å². The number of rotatable bonds is 7. The molecule has 0 aliphatic carbocycles. The van der Waals surface area contributed by atoms with E-state index in [1.54, 1.807) is 37.6 Å². The van der Waals surface area contributed by atoms with Crippen molar-refractivity contribution < 1.29 is 9.53 Å². The van der Waals surface area contributed by atoms with Crippen LogP contribution >= 0.6 is 0 Å². The topological polar surface area (TPSA) is 133 Å². The number of nitriles is 1. The Morgan fingerprint density at radius 2 is 2.26 bits per heavy atom.